The Bertz CT molecular complexity index is 124. The summed E-state index contributed by atoms with van der Waals surface area (Å²) in [6.45, 7) is 9.08. The van der Waals surface area contributed by atoms with Crippen LogP contribution in [0.1, 0.15) is 59.8 Å². The summed E-state index contributed by atoms with van der Waals surface area (Å²) in [5.41, 5.74) is 0. The van der Waals surface area contributed by atoms with E-state index < -0.39 is 0 Å². The smallest absolute Gasteiger partial charge is 0.0236 e. The lowest BCUT2D eigenvalue weighted by Crippen LogP contribution is -2.04. The Kier molecular flexibility index (Phi) is 8.18. The third-order valence-electron chi connectivity index (χ3n) is 2.91. The molecule has 78 valence electrons. The standard InChI is InChI=1S/C13H26/c1-5-7-8-9-11-13(4)12(3)10-6-2/h6,10,12-13H,5,7-9,11H2,1-4H3/b10-6-/t12-,13-/m0/s1. The minimum Gasteiger partial charge on any atom is -0.0914 e. The maximum atomic E-state index is 2.37. The summed E-state index contributed by atoms with van der Waals surface area (Å²) in [6, 6.07) is 0. The van der Waals surface area contributed by atoms with Crippen LogP contribution in [0.4, 0.5) is 0 Å². The van der Waals surface area contributed by atoms with E-state index in [1.165, 1.54) is 32.1 Å². The van der Waals surface area contributed by atoms with Crippen LogP contribution in [0.15, 0.2) is 12.2 Å². The summed E-state index contributed by atoms with van der Waals surface area (Å²) in [4.78, 5) is 0. The quantitative estimate of drug-likeness (QED) is 0.392. The van der Waals surface area contributed by atoms with Crippen LogP contribution in [0.3, 0.4) is 0 Å². The second kappa shape index (κ2) is 8.34. The first kappa shape index (κ1) is 12.7. The van der Waals surface area contributed by atoms with E-state index in [1.54, 1.807) is 0 Å². The Morgan fingerprint density at radius 2 is 1.77 bits per heavy atom. The Morgan fingerprint density at radius 1 is 1.08 bits per heavy atom. The SMILES string of the molecule is C/C=C\[C@H](C)[C@@H](C)CCCCCC. The molecule has 0 saturated heterocycles. The van der Waals surface area contributed by atoms with Crippen molar-refractivity contribution in [2.24, 2.45) is 11.8 Å². The molecule has 0 saturated carbocycles. The van der Waals surface area contributed by atoms with Gasteiger partial charge < -0.3 is 0 Å². The van der Waals surface area contributed by atoms with Crippen molar-refractivity contribution >= 4 is 0 Å². The van der Waals surface area contributed by atoms with E-state index in [0.717, 1.165) is 11.8 Å². The number of rotatable bonds is 7. The highest BCUT2D eigenvalue weighted by Gasteiger charge is 2.07. The zero-order valence-corrected chi connectivity index (χ0v) is 9.84. The van der Waals surface area contributed by atoms with E-state index in [2.05, 4.69) is 39.8 Å². The maximum Gasteiger partial charge on any atom is -0.0236 e. The van der Waals surface area contributed by atoms with Crippen molar-refractivity contribution < 1.29 is 0 Å². The van der Waals surface area contributed by atoms with Crippen LogP contribution in [-0.4, -0.2) is 0 Å². The normalized spacial score (nSPS) is 16.3. The van der Waals surface area contributed by atoms with Crippen molar-refractivity contribution in [3.63, 3.8) is 0 Å². The van der Waals surface area contributed by atoms with Crippen molar-refractivity contribution in [3.05, 3.63) is 12.2 Å². The molecule has 0 aliphatic carbocycles. The van der Waals surface area contributed by atoms with E-state index in [9.17, 15) is 0 Å². The van der Waals surface area contributed by atoms with Crippen LogP contribution in [0.2, 0.25) is 0 Å². The fourth-order valence-corrected chi connectivity index (χ4v) is 1.65. The molecule has 0 rings (SSSR count). The number of unbranched alkanes of at least 4 members (excludes halogenated alkanes) is 3. The molecule has 0 unspecified atom stereocenters. The van der Waals surface area contributed by atoms with E-state index >= 15 is 0 Å². The monoisotopic (exact) mass is 182 g/mol. The molecule has 0 aromatic carbocycles. The number of hydrogen-bond acceptors (Lipinski definition) is 0. The number of hydrogen-bond donors (Lipinski definition) is 0. The molecule has 0 nitrogen and oxygen atoms in total. The Morgan fingerprint density at radius 3 is 2.31 bits per heavy atom. The van der Waals surface area contributed by atoms with Gasteiger partial charge in [0, 0.05) is 0 Å². The highest BCUT2D eigenvalue weighted by Crippen LogP contribution is 2.19. The zero-order valence-electron chi connectivity index (χ0n) is 9.84. The predicted octanol–water partition coefficient (Wildman–Crippen LogP) is 4.81. The number of allylic oxidation sites excluding steroid dienone is 2. The molecule has 0 fully saturated rings. The first-order chi connectivity index (χ1) is 6.22. The third-order valence-corrected chi connectivity index (χ3v) is 2.91. The van der Waals surface area contributed by atoms with Gasteiger partial charge in [-0.2, -0.15) is 0 Å². The first-order valence-corrected chi connectivity index (χ1v) is 5.85. The van der Waals surface area contributed by atoms with Gasteiger partial charge in [-0.15, -0.1) is 0 Å². The average molecular weight is 182 g/mol. The molecule has 0 radical (unpaired) electrons. The molecule has 0 aliphatic rings. The van der Waals surface area contributed by atoms with Crippen molar-refractivity contribution in [2.45, 2.75) is 59.8 Å². The van der Waals surface area contributed by atoms with Crippen LogP contribution < -0.4 is 0 Å². The van der Waals surface area contributed by atoms with Crippen molar-refractivity contribution in [1.29, 1.82) is 0 Å². The summed E-state index contributed by atoms with van der Waals surface area (Å²) in [5, 5.41) is 0. The molecule has 0 amide bonds. The molecule has 0 aliphatic heterocycles. The molecule has 0 spiro atoms. The van der Waals surface area contributed by atoms with E-state index in [1.807, 2.05) is 0 Å². The summed E-state index contributed by atoms with van der Waals surface area (Å²) in [7, 11) is 0. The Labute approximate surface area is 84.4 Å². The van der Waals surface area contributed by atoms with Crippen LogP contribution in [0.5, 0.6) is 0 Å². The summed E-state index contributed by atoms with van der Waals surface area (Å²) in [6.07, 6.45) is 11.5. The second-order valence-corrected chi connectivity index (χ2v) is 4.21. The highest BCUT2D eigenvalue weighted by atomic mass is 14.1. The van der Waals surface area contributed by atoms with Crippen LogP contribution in [-0.2, 0) is 0 Å². The van der Waals surface area contributed by atoms with Gasteiger partial charge in [0.15, 0.2) is 0 Å². The lowest BCUT2D eigenvalue weighted by Gasteiger charge is -2.15. The molecular weight excluding hydrogens is 156 g/mol. The second-order valence-electron chi connectivity index (χ2n) is 4.21. The summed E-state index contributed by atoms with van der Waals surface area (Å²) in [5.74, 6) is 1.61. The van der Waals surface area contributed by atoms with Gasteiger partial charge in [0.05, 0.1) is 0 Å². The topological polar surface area (TPSA) is 0 Å². The average Bonchev–Trinajstić information content (AvgIpc) is 2.12. The van der Waals surface area contributed by atoms with Crippen molar-refractivity contribution in [1.82, 2.24) is 0 Å². The fourth-order valence-electron chi connectivity index (χ4n) is 1.65. The van der Waals surface area contributed by atoms with Crippen molar-refractivity contribution in [2.75, 3.05) is 0 Å². The highest BCUT2D eigenvalue weighted by molar-refractivity contribution is 4.85. The molecule has 2 atom stereocenters. The van der Waals surface area contributed by atoms with Gasteiger partial charge in [0.2, 0.25) is 0 Å². The molecule has 0 heteroatoms. The van der Waals surface area contributed by atoms with E-state index in [4.69, 9.17) is 0 Å². The van der Waals surface area contributed by atoms with Crippen LogP contribution in [0.25, 0.3) is 0 Å². The van der Waals surface area contributed by atoms with Gasteiger partial charge in [0.1, 0.15) is 0 Å². The predicted molar refractivity (Wildman–Crippen MR) is 61.9 cm³/mol. The molecule has 0 aromatic heterocycles. The minimum absolute atomic E-state index is 0.756. The molecule has 13 heavy (non-hydrogen) atoms. The van der Waals surface area contributed by atoms with Crippen LogP contribution >= 0.6 is 0 Å². The van der Waals surface area contributed by atoms with Gasteiger partial charge in [-0.1, -0.05) is 65.0 Å². The van der Waals surface area contributed by atoms with Gasteiger partial charge >= 0.3 is 0 Å². The lowest BCUT2D eigenvalue weighted by molar-refractivity contribution is 0.406. The largest absolute Gasteiger partial charge is 0.0914 e. The summed E-state index contributed by atoms with van der Waals surface area (Å²) < 4.78 is 0. The Hall–Kier alpha value is -0.260. The van der Waals surface area contributed by atoms with Crippen LogP contribution in [0, 0.1) is 11.8 Å². The van der Waals surface area contributed by atoms with E-state index in [-0.39, 0.29) is 0 Å². The fraction of sp³-hybridized carbons (Fsp3) is 0.846. The lowest BCUT2D eigenvalue weighted by atomic mass is 9.90. The summed E-state index contributed by atoms with van der Waals surface area (Å²) >= 11 is 0. The zero-order chi connectivity index (χ0) is 10.1. The minimum atomic E-state index is 0.756. The Balaban J connectivity index is 3.43. The van der Waals surface area contributed by atoms with Gasteiger partial charge in [0.25, 0.3) is 0 Å². The first-order valence-electron chi connectivity index (χ1n) is 5.85. The molecule has 0 aromatic rings. The molecular formula is C13H26. The van der Waals surface area contributed by atoms with Crippen molar-refractivity contribution in [3.8, 4) is 0 Å². The molecule has 0 bridgehead atoms. The molecule has 0 N–H and O–H groups in total. The molecule has 0 heterocycles. The van der Waals surface area contributed by atoms with Gasteiger partial charge in [-0.3, -0.25) is 0 Å². The van der Waals surface area contributed by atoms with Gasteiger partial charge in [-0.05, 0) is 18.8 Å². The maximum absolute atomic E-state index is 2.37. The third kappa shape index (κ3) is 6.86. The van der Waals surface area contributed by atoms with Gasteiger partial charge in [-0.25, -0.2) is 0 Å². The van der Waals surface area contributed by atoms with E-state index in [0.29, 0.717) is 0 Å².